The summed E-state index contributed by atoms with van der Waals surface area (Å²) in [5.41, 5.74) is 4.31. The first-order chi connectivity index (χ1) is 14.5. The largest absolute Gasteiger partial charge is 0.495 e. The topological polar surface area (TPSA) is 84.9 Å². The highest BCUT2D eigenvalue weighted by atomic mass is 35.5. The minimum absolute atomic E-state index is 0.0329. The predicted octanol–water partition coefficient (Wildman–Crippen LogP) is 5.41. The fourth-order valence-electron chi connectivity index (χ4n) is 3.73. The Kier molecular flexibility index (Phi) is 5.33. The van der Waals surface area contributed by atoms with E-state index >= 15 is 0 Å². The summed E-state index contributed by atoms with van der Waals surface area (Å²) in [5, 5.41) is 12.1. The molecule has 1 aliphatic rings. The molecule has 2 N–H and O–H groups in total. The first-order valence-corrected chi connectivity index (χ1v) is 9.60. The van der Waals surface area contributed by atoms with Gasteiger partial charge in [-0.15, -0.1) is 0 Å². The summed E-state index contributed by atoms with van der Waals surface area (Å²) in [7, 11) is 1.38. The lowest BCUT2D eigenvalue weighted by Gasteiger charge is -2.16. The minimum atomic E-state index is -1.22. The van der Waals surface area contributed by atoms with Crippen LogP contribution in [0.15, 0.2) is 60.7 Å². The van der Waals surface area contributed by atoms with Crippen molar-refractivity contribution >= 4 is 29.4 Å². The number of carboxylic acids is 1. The van der Waals surface area contributed by atoms with Crippen LogP contribution in [0.4, 0.5) is 10.5 Å². The second kappa shape index (κ2) is 8.08. The highest BCUT2D eigenvalue weighted by Crippen LogP contribution is 2.44. The molecule has 0 aromatic heterocycles. The van der Waals surface area contributed by atoms with Gasteiger partial charge in [0.15, 0.2) is 0 Å². The van der Waals surface area contributed by atoms with Crippen LogP contribution < -0.4 is 10.1 Å². The lowest BCUT2D eigenvalue weighted by atomic mass is 9.98. The van der Waals surface area contributed by atoms with Crippen LogP contribution >= 0.6 is 11.6 Å². The summed E-state index contributed by atoms with van der Waals surface area (Å²) in [6.45, 7) is 0.117. The highest BCUT2D eigenvalue weighted by Gasteiger charge is 2.29. The van der Waals surface area contributed by atoms with Gasteiger partial charge in [-0.05, 0) is 34.4 Å². The lowest BCUT2D eigenvalue weighted by Crippen LogP contribution is -2.19. The number of hydrogen-bond donors (Lipinski definition) is 2. The zero-order valence-corrected chi connectivity index (χ0v) is 16.8. The molecule has 6 nitrogen and oxygen atoms in total. The molecular weight excluding hydrogens is 406 g/mol. The van der Waals surface area contributed by atoms with Crippen LogP contribution in [0.1, 0.15) is 27.4 Å². The summed E-state index contributed by atoms with van der Waals surface area (Å²) in [5.74, 6) is -1.12. The van der Waals surface area contributed by atoms with Gasteiger partial charge in [0.2, 0.25) is 0 Å². The Balaban J connectivity index is 1.53. The zero-order valence-electron chi connectivity index (χ0n) is 16.0. The van der Waals surface area contributed by atoms with E-state index in [0.717, 1.165) is 22.3 Å². The molecule has 4 rings (SSSR count). The monoisotopic (exact) mass is 423 g/mol. The third kappa shape index (κ3) is 3.57. The van der Waals surface area contributed by atoms with Crippen molar-refractivity contribution in [2.24, 2.45) is 0 Å². The number of hydrogen-bond acceptors (Lipinski definition) is 4. The van der Waals surface area contributed by atoms with Gasteiger partial charge in [0.25, 0.3) is 0 Å². The fraction of sp³-hybridized carbons (Fsp3) is 0.130. The number of rotatable bonds is 5. The molecule has 3 aromatic rings. The van der Waals surface area contributed by atoms with Crippen molar-refractivity contribution in [3.8, 4) is 16.9 Å². The van der Waals surface area contributed by atoms with E-state index in [9.17, 15) is 14.7 Å². The molecule has 0 aliphatic heterocycles. The van der Waals surface area contributed by atoms with Gasteiger partial charge >= 0.3 is 12.1 Å². The SMILES string of the molecule is COc1cc(C(=O)O)c(NC(=O)OCC2c3ccccc3-c3ccccc32)cc1Cl. The Bertz CT molecular complexity index is 1100. The van der Waals surface area contributed by atoms with Crippen LogP contribution in [0.3, 0.4) is 0 Å². The number of ether oxygens (including phenoxy) is 2. The first kappa shape index (κ1) is 19.8. The third-order valence-corrected chi connectivity index (χ3v) is 5.40. The molecule has 152 valence electrons. The quantitative estimate of drug-likeness (QED) is 0.573. The van der Waals surface area contributed by atoms with Gasteiger partial charge in [-0.1, -0.05) is 60.1 Å². The van der Waals surface area contributed by atoms with Gasteiger partial charge in [0, 0.05) is 5.92 Å². The number of nitrogens with one attached hydrogen (secondary N) is 1. The molecule has 0 saturated carbocycles. The van der Waals surface area contributed by atoms with Crippen molar-refractivity contribution < 1.29 is 24.2 Å². The molecule has 0 bridgehead atoms. The Morgan fingerprint density at radius 3 is 2.20 bits per heavy atom. The van der Waals surface area contributed by atoms with Crippen molar-refractivity contribution in [2.75, 3.05) is 19.0 Å². The summed E-state index contributed by atoms with van der Waals surface area (Å²) in [4.78, 5) is 24.0. The van der Waals surface area contributed by atoms with Crippen molar-refractivity contribution in [1.82, 2.24) is 0 Å². The maximum absolute atomic E-state index is 12.4. The molecule has 30 heavy (non-hydrogen) atoms. The average Bonchev–Trinajstić information content (AvgIpc) is 3.06. The number of methoxy groups -OCH3 is 1. The van der Waals surface area contributed by atoms with Crippen molar-refractivity contribution in [3.05, 3.63) is 82.4 Å². The summed E-state index contributed by atoms with van der Waals surface area (Å²) in [6, 6.07) is 18.6. The van der Waals surface area contributed by atoms with E-state index in [1.165, 1.54) is 19.2 Å². The number of carbonyl (C=O) groups excluding carboxylic acids is 1. The van der Waals surface area contributed by atoms with Gasteiger partial charge < -0.3 is 14.6 Å². The first-order valence-electron chi connectivity index (χ1n) is 9.22. The van der Waals surface area contributed by atoms with E-state index in [4.69, 9.17) is 21.1 Å². The van der Waals surface area contributed by atoms with E-state index < -0.39 is 12.1 Å². The highest BCUT2D eigenvalue weighted by molar-refractivity contribution is 6.32. The summed E-state index contributed by atoms with van der Waals surface area (Å²) >= 11 is 6.07. The minimum Gasteiger partial charge on any atom is -0.495 e. The summed E-state index contributed by atoms with van der Waals surface area (Å²) < 4.78 is 10.5. The van der Waals surface area contributed by atoms with E-state index in [1.807, 2.05) is 48.5 Å². The van der Waals surface area contributed by atoms with Gasteiger partial charge in [-0.3, -0.25) is 5.32 Å². The molecule has 0 unspecified atom stereocenters. The number of carboxylic acid groups (broad SMARTS) is 1. The van der Waals surface area contributed by atoms with E-state index in [0.29, 0.717) is 0 Å². The summed E-state index contributed by atoms with van der Waals surface area (Å²) in [6.07, 6.45) is -0.763. The molecule has 0 saturated heterocycles. The Morgan fingerprint density at radius 2 is 1.63 bits per heavy atom. The molecule has 3 aromatic carbocycles. The van der Waals surface area contributed by atoms with Crippen molar-refractivity contribution in [2.45, 2.75) is 5.92 Å². The molecule has 1 aliphatic carbocycles. The maximum Gasteiger partial charge on any atom is 0.411 e. The number of anilines is 1. The van der Waals surface area contributed by atoms with E-state index in [-0.39, 0.29) is 34.5 Å². The Hall–Kier alpha value is -3.51. The van der Waals surface area contributed by atoms with Crippen LogP contribution in [0.5, 0.6) is 5.75 Å². The molecule has 1 amide bonds. The van der Waals surface area contributed by atoms with Crippen LogP contribution in [-0.4, -0.2) is 30.9 Å². The second-order valence-corrected chi connectivity index (χ2v) is 7.20. The molecule has 0 heterocycles. The fourth-order valence-corrected chi connectivity index (χ4v) is 3.98. The normalized spacial score (nSPS) is 12.1. The van der Waals surface area contributed by atoms with Crippen LogP contribution in [-0.2, 0) is 4.74 Å². The van der Waals surface area contributed by atoms with Crippen LogP contribution in [0, 0.1) is 0 Å². The number of halogens is 1. The smallest absolute Gasteiger partial charge is 0.411 e. The van der Waals surface area contributed by atoms with Crippen LogP contribution in [0.25, 0.3) is 11.1 Å². The molecular formula is C23H18ClNO5. The van der Waals surface area contributed by atoms with Gasteiger partial charge in [-0.2, -0.15) is 0 Å². The number of fused-ring (bicyclic) bond motifs is 3. The molecule has 0 radical (unpaired) electrons. The van der Waals surface area contributed by atoms with E-state index in [1.54, 1.807) is 0 Å². The number of benzene rings is 3. The number of amides is 1. The lowest BCUT2D eigenvalue weighted by molar-refractivity contribution is 0.0697. The number of aromatic carboxylic acids is 1. The predicted molar refractivity (Wildman–Crippen MR) is 114 cm³/mol. The third-order valence-electron chi connectivity index (χ3n) is 5.10. The standard InChI is InChI=1S/C23H18ClNO5/c1-29-21-10-17(22(26)27)20(11-19(21)24)25-23(28)30-12-18-15-8-4-2-6-13(15)14-7-3-5-9-16(14)18/h2-11,18H,12H2,1H3,(H,25,28)(H,26,27). The van der Waals surface area contributed by atoms with Crippen molar-refractivity contribution in [3.63, 3.8) is 0 Å². The Labute approximate surface area is 178 Å². The van der Waals surface area contributed by atoms with E-state index in [2.05, 4.69) is 5.32 Å². The van der Waals surface area contributed by atoms with Crippen molar-refractivity contribution in [1.29, 1.82) is 0 Å². The number of carbonyl (C=O) groups is 2. The zero-order chi connectivity index (χ0) is 21.3. The van der Waals surface area contributed by atoms with Crippen LogP contribution in [0.2, 0.25) is 5.02 Å². The maximum atomic E-state index is 12.4. The molecule has 0 fully saturated rings. The average molecular weight is 424 g/mol. The Morgan fingerprint density at radius 1 is 1.03 bits per heavy atom. The van der Waals surface area contributed by atoms with Gasteiger partial charge in [0.05, 0.1) is 23.4 Å². The molecule has 7 heteroatoms. The second-order valence-electron chi connectivity index (χ2n) is 6.79. The molecule has 0 atom stereocenters. The molecule has 0 spiro atoms. The van der Waals surface area contributed by atoms with Gasteiger partial charge in [0.1, 0.15) is 12.4 Å². The van der Waals surface area contributed by atoms with Gasteiger partial charge in [-0.25, -0.2) is 9.59 Å².